The van der Waals surface area contributed by atoms with Crippen LogP contribution in [-0.2, 0) is 20.5 Å². The van der Waals surface area contributed by atoms with Crippen LogP contribution in [0.2, 0.25) is 0 Å². The van der Waals surface area contributed by atoms with Gasteiger partial charge in [-0.05, 0) is 74.7 Å². The molecule has 4 aromatic rings. The highest BCUT2D eigenvalue weighted by atomic mass is 15.2. The summed E-state index contributed by atoms with van der Waals surface area (Å²) in [6.45, 7) is 8.54. The maximum atomic E-state index is 8.52. The second-order valence-electron chi connectivity index (χ2n) is 11.5. The van der Waals surface area contributed by atoms with Gasteiger partial charge in [-0.15, -0.1) is 0 Å². The summed E-state index contributed by atoms with van der Waals surface area (Å²) in [5, 5.41) is 10.3. The van der Waals surface area contributed by atoms with E-state index in [2.05, 4.69) is 113 Å². The predicted molar refractivity (Wildman–Crippen MR) is 151 cm³/mol. The zero-order valence-electron chi connectivity index (χ0n) is 22.6. The Kier molecular flexibility index (Phi) is 7.49. The molecule has 1 aliphatic rings. The summed E-state index contributed by atoms with van der Waals surface area (Å²) in [5.74, 6) is 0. The van der Waals surface area contributed by atoms with Gasteiger partial charge in [0.2, 0.25) is 0 Å². The van der Waals surface area contributed by atoms with Crippen molar-refractivity contribution in [2.45, 2.75) is 76.9 Å². The Hall–Kier alpha value is -3.21. The molecule has 2 aromatic carbocycles. The van der Waals surface area contributed by atoms with E-state index >= 15 is 0 Å². The van der Waals surface area contributed by atoms with Gasteiger partial charge >= 0.3 is 0 Å². The summed E-state index contributed by atoms with van der Waals surface area (Å²) >= 11 is 0. The minimum absolute atomic E-state index is 0.279. The van der Waals surface area contributed by atoms with Crippen LogP contribution >= 0.6 is 0 Å². The highest BCUT2D eigenvalue weighted by molar-refractivity contribution is 5.85. The summed E-state index contributed by atoms with van der Waals surface area (Å²) in [6, 6.07) is 17.6. The van der Waals surface area contributed by atoms with Crippen molar-refractivity contribution in [2.24, 2.45) is 19.2 Å². The Morgan fingerprint density at radius 2 is 1.61 bits per heavy atom. The Morgan fingerprint density at radius 3 is 2.25 bits per heavy atom. The smallest absolute Gasteiger partial charge is 0.0481 e. The van der Waals surface area contributed by atoms with Gasteiger partial charge in [-0.3, -0.25) is 0 Å². The van der Waals surface area contributed by atoms with E-state index in [1.54, 1.807) is 0 Å². The maximum Gasteiger partial charge on any atom is 0.0481 e. The molecule has 0 amide bonds. The molecule has 2 aromatic heterocycles. The van der Waals surface area contributed by atoms with E-state index in [1.165, 1.54) is 45.8 Å². The Bertz CT molecular complexity index is 1380. The number of hydrogen-bond acceptors (Lipinski definition) is 2. The minimum Gasteiger partial charge on any atom is -0.350 e. The van der Waals surface area contributed by atoms with Crippen LogP contribution in [0.4, 0.5) is 0 Å². The third kappa shape index (κ3) is 5.77. The first-order chi connectivity index (χ1) is 17.1. The monoisotopic (exact) mass is 484 g/mol. The summed E-state index contributed by atoms with van der Waals surface area (Å²) in [7, 11) is 4.21. The molecule has 190 valence electrons. The van der Waals surface area contributed by atoms with Gasteiger partial charge in [0.1, 0.15) is 0 Å². The lowest BCUT2D eigenvalue weighted by atomic mass is 9.96. The van der Waals surface area contributed by atoms with Crippen LogP contribution in [0.25, 0.3) is 32.2 Å². The van der Waals surface area contributed by atoms with Crippen molar-refractivity contribution in [3.05, 3.63) is 82.5 Å². The molecule has 0 spiro atoms. The molecule has 36 heavy (non-hydrogen) atoms. The standard InChI is InChI=1S/C15H20N4.C15H20N2/c1-15(2,17-18-16)10-6-7-12-11-19(3)14-9-5-4-8-13(12)14;1-15(2)9-8-13(16-15)12-10-17(3)14-7-5-4-6-11(12)14/h4-5,8-9,11H,6-7,10H2,1-3H3;4-7,10,13,16H,8-9H2,1-3H3. The van der Waals surface area contributed by atoms with E-state index in [4.69, 9.17) is 5.53 Å². The average molecular weight is 485 g/mol. The lowest BCUT2D eigenvalue weighted by molar-refractivity contribution is 0.433. The highest BCUT2D eigenvalue weighted by Crippen LogP contribution is 2.36. The molecular formula is C30H40N6. The first-order valence-electron chi connectivity index (χ1n) is 13.0. The van der Waals surface area contributed by atoms with E-state index in [1.807, 2.05) is 13.8 Å². The number of para-hydroxylation sites is 2. The number of aryl methyl sites for hydroxylation is 3. The van der Waals surface area contributed by atoms with Crippen molar-refractivity contribution in [3.8, 4) is 0 Å². The lowest BCUT2D eigenvalue weighted by Gasteiger charge is -2.20. The van der Waals surface area contributed by atoms with Gasteiger partial charge in [-0.2, -0.15) is 0 Å². The molecule has 0 saturated carbocycles. The molecule has 6 nitrogen and oxygen atoms in total. The molecule has 1 fully saturated rings. The summed E-state index contributed by atoms with van der Waals surface area (Å²) < 4.78 is 4.40. The molecule has 0 radical (unpaired) electrons. The molecule has 0 aliphatic carbocycles. The van der Waals surface area contributed by atoms with Crippen LogP contribution in [0.15, 0.2) is 66.0 Å². The van der Waals surface area contributed by atoms with Gasteiger partial charge in [-0.1, -0.05) is 55.4 Å². The fraction of sp³-hybridized carbons (Fsp3) is 0.467. The van der Waals surface area contributed by atoms with Crippen molar-refractivity contribution < 1.29 is 0 Å². The third-order valence-corrected chi connectivity index (χ3v) is 7.46. The summed E-state index contributed by atoms with van der Waals surface area (Å²) in [4.78, 5) is 2.91. The molecule has 1 atom stereocenters. The van der Waals surface area contributed by atoms with Gasteiger partial charge in [0, 0.05) is 70.3 Å². The molecule has 1 aliphatic heterocycles. The number of nitrogens with zero attached hydrogens (tertiary/aromatic N) is 5. The SMILES string of the molecule is Cn1cc(C2CCC(C)(C)N2)c2ccccc21.Cn1cc(CCCC(C)(C)N=[N+]=[N-])c2ccccc21. The molecule has 1 N–H and O–H groups in total. The minimum atomic E-state index is -0.292. The topological polar surface area (TPSA) is 70.7 Å². The van der Waals surface area contributed by atoms with Crippen molar-refractivity contribution >= 4 is 21.8 Å². The first-order valence-corrected chi connectivity index (χ1v) is 13.0. The van der Waals surface area contributed by atoms with E-state index in [0.29, 0.717) is 6.04 Å². The van der Waals surface area contributed by atoms with Crippen molar-refractivity contribution in [1.29, 1.82) is 0 Å². The van der Waals surface area contributed by atoms with E-state index in [0.717, 1.165) is 19.3 Å². The van der Waals surface area contributed by atoms with E-state index in [-0.39, 0.29) is 11.1 Å². The molecule has 0 bridgehead atoms. The number of aromatic nitrogens is 2. The molecule has 1 saturated heterocycles. The summed E-state index contributed by atoms with van der Waals surface area (Å²) in [5.41, 5.74) is 13.9. The van der Waals surface area contributed by atoms with Crippen LogP contribution in [0.5, 0.6) is 0 Å². The van der Waals surface area contributed by atoms with Gasteiger partial charge in [0.15, 0.2) is 0 Å². The van der Waals surface area contributed by atoms with Crippen LogP contribution in [-0.4, -0.2) is 20.2 Å². The van der Waals surface area contributed by atoms with Gasteiger partial charge in [-0.25, -0.2) is 0 Å². The fourth-order valence-corrected chi connectivity index (χ4v) is 5.51. The van der Waals surface area contributed by atoms with Crippen LogP contribution < -0.4 is 5.32 Å². The zero-order valence-corrected chi connectivity index (χ0v) is 22.6. The van der Waals surface area contributed by atoms with Gasteiger partial charge in [0.05, 0.1) is 0 Å². The highest BCUT2D eigenvalue weighted by Gasteiger charge is 2.32. The van der Waals surface area contributed by atoms with Crippen LogP contribution in [0.1, 0.15) is 70.5 Å². The molecule has 1 unspecified atom stereocenters. The maximum absolute atomic E-state index is 8.52. The van der Waals surface area contributed by atoms with Crippen molar-refractivity contribution in [3.63, 3.8) is 0 Å². The molecule has 5 rings (SSSR count). The fourth-order valence-electron chi connectivity index (χ4n) is 5.51. The molecule has 3 heterocycles. The Labute approximate surface area is 214 Å². The van der Waals surface area contributed by atoms with E-state index < -0.39 is 0 Å². The normalized spacial score (nSPS) is 17.1. The average Bonchev–Trinajstić information content (AvgIpc) is 3.48. The van der Waals surface area contributed by atoms with Crippen LogP contribution in [0, 0.1) is 0 Å². The number of nitrogens with one attached hydrogen (secondary N) is 1. The Balaban J connectivity index is 0.000000170. The van der Waals surface area contributed by atoms with Crippen molar-refractivity contribution in [1.82, 2.24) is 14.5 Å². The summed E-state index contributed by atoms with van der Waals surface area (Å²) in [6.07, 6.45) is 9.92. The first kappa shape index (κ1) is 25.9. The number of fused-ring (bicyclic) bond motifs is 2. The third-order valence-electron chi connectivity index (χ3n) is 7.46. The van der Waals surface area contributed by atoms with E-state index in [9.17, 15) is 0 Å². The predicted octanol–water partition coefficient (Wildman–Crippen LogP) is 7.97. The van der Waals surface area contributed by atoms with Crippen LogP contribution in [0.3, 0.4) is 0 Å². The zero-order chi connectivity index (χ0) is 25.9. The largest absolute Gasteiger partial charge is 0.350 e. The lowest BCUT2D eigenvalue weighted by Crippen LogP contribution is -2.33. The second-order valence-corrected chi connectivity index (χ2v) is 11.5. The number of azide groups is 1. The van der Waals surface area contributed by atoms with Crippen molar-refractivity contribution in [2.75, 3.05) is 0 Å². The number of benzene rings is 2. The Morgan fingerprint density at radius 1 is 1.00 bits per heavy atom. The second kappa shape index (κ2) is 10.4. The molecular weight excluding hydrogens is 444 g/mol. The van der Waals surface area contributed by atoms with Gasteiger partial charge in [0.25, 0.3) is 0 Å². The number of hydrogen-bond donors (Lipinski definition) is 1. The molecule has 6 heteroatoms. The quantitative estimate of drug-likeness (QED) is 0.168. The van der Waals surface area contributed by atoms with Gasteiger partial charge < -0.3 is 14.5 Å². The number of rotatable bonds is 6.